The lowest BCUT2D eigenvalue weighted by Gasteiger charge is -2.10. The van der Waals surface area contributed by atoms with Crippen LogP contribution in [0.3, 0.4) is 0 Å². The van der Waals surface area contributed by atoms with Crippen molar-refractivity contribution in [3.63, 3.8) is 0 Å². The molecule has 29 heavy (non-hydrogen) atoms. The SMILES string of the molecule is O=C(CNC(=O)COc1ccccc1)NCCc1nccn1Cc1ccccc1. The molecular weight excluding hydrogens is 368 g/mol. The van der Waals surface area contributed by atoms with Gasteiger partial charge in [0.25, 0.3) is 5.91 Å². The summed E-state index contributed by atoms with van der Waals surface area (Å²) in [5.41, 5.74) is 1.19. The number of carbonyl (C=O) groups is 2. The number of imidazole rings is 1. The van der Waals surface area contributed by atoms with Crippen molar-refractivity contribution < 1.29 is 14.3 Å². The molecular formula is C22H24N4O3. The molecule has 150 valence electrons. The fourth-order valence-corrected chi connectivity index (χ4v) is 2.76. The molecule has 0 radical (unpaired) electrons. The van der Waals surface area contributed by atoms with Gasteiger partial charge in [-0.1, -0.05) is 48.5 Å². The third kappa shape index (κ3) is 6.80. The van der Waals surface area contributed by atoms with Crippen LogP contribution >= 0.6 is 0 Å². The van der Waals surface area contributed by atoms with E-state index in [0.717, 1.165) is 12.4 Å². The monoisotopic (exact) mass is 392 g/mol. The fourth-order valence-electron chi connectivity index (χ4n) is 2.76. The molecule has 0 aliphatic heterocycles. The molecule has 0 atom stereocenters. The van der Waals surface area contributed by atoms with Gasteiger partial charge in [0.1, 0.15) is 11.6 Å². The third-order valence-electron chi connectivity index (χ3n) is 4.23. The summed E-state index contributed by atoms with van der Waals surface area (Å²) < 4.78 is 7.40. The molecule has 0 bridgehead atoms. The van der Waals surface area contributed by atoms with Crippen molar-refractivity contribution in [3.8, 4) is 5.75 Å². The van der Waals surface area contributed by atoms with Crippen molar-refractivity contribution in [2.24, 2.45) is 0 Å². The minimum Gasteiger partial charge on any atom is -0.484 e. The lowest BCUT2D eigenvalue weighted by atomic mass is 10.2. The zero-order valence-corrected chi connectivity index (χ0v) is 16.1. The van der Waals surface area contributed by atoms with Gasteiger partial charge in [0.15, 0.2) is 6.61 Å². The summed E-state index contributed by atoms with van der Waals surface area (Å²) in [6.07, 6.45) is 4.29. The van der Waals surface area contributed by atoms with E-state index in [1.54, 1.807) is 18.3 Å². The van der Waals surface area contributed by atoms with Gasteiger partial charge in [-0.25, -0.2) is 4.98 Å². The Labute approximate surface area is 169 Å². The van der Waals surface area contributed by atoms with Crippen molar-refractivity contribution in [2.75, 3.05) is 19.7 Å². The zero-order valence-electron chi connectivity index (χ0n) is 16.1. The highest BCUT2D eigenvalue weighted by Crippen LogP contribution is 2.07. The van der Waals surface area contributed by atoms with Crippen LogP contribution in [0.15, 0.2) is 73.1 Å². The molecule has 2 aromatic carbocycles. The van der Waals surface area contributed by atoms with Gasteiger partial charge < -0.3 is 19.9 Å². The van der Waals surface area contributed by atoms with Gasteiger partial charge in [-0.05, 0) is 17.7 Å². The Kier molecular flexibility index (Phi) is 7.40. The van der Waals surface area contributed by atoms with Crippen LogP contribution in [0.1, 0.15) is 11.4 Å². The van der Waals surface area contributed by atoms with Crippen LogP contribution in [-0.4, -0.2) is 41.1 Å². The largest absolute Gasteiger partial charge is 0.484 e. The third-order valence-corrected chi connectivity index (χ3v) is 4.23. The molecule has 3 rings (SSSR count). The van der Waals surface area contributed by atoms with Crippen LogP contribution in [0, 0.1) is 0 Å². The molecule has 0 saturated heterocycles. The molecule has 7 nitrogen and oxygen atoms in total. The van der Waals surface area contributed by atoms with Crippen LogP contribution < -0.4 is 15.4 Å². The van der Waals surface area contributed by atoms with E-state index in [-0.39, 0.29) is 25.0 Å². The van der Waals surface area contributed by atoms with Crippen LogP contribution in [-0.2, 0) is 22.6 Å². The number of amides is 2. The van der Waals surface area contributed by atoms with Crippen molar-refractivity contribution >= 4 is 11.8 Å². The molecule has 1 aromatic heterocycles. The minimum atomic E-state index is -0.345. The van der Waals surface area contributed by atoms with E-state index in [9.17, 15) is 9.59 Å². The second-order valence-corrected chi connectivity index (χ2v) is 6.44. The number of nitrogens with one attached hydrogen (secondary N) is 2. The Balaban J connectivity index is 1.34. The van der Waals surface area contributed by atoms with Gasteiger partial charge in [-0.15, -0.1) is 0 Å². The van der Waals surface area contributed by atoms with E-state index in [4.69, 9.17) is 4.74 Å². The predicted octanol–water partition coefficient (Wildman–Crippen LogP) is 1.79. The highest BCUT2D eigenvalue weighted by Gasteiger charge is 2.08. The highest BCUT2D eigenvalue weighted by atomic mass is 16.5. The van der Waals surface area contributed by atoms with E-state index >= 15 is 0 Å². The summed E-state index contributed by atoms with van der Waals surface area (Å²) in [5.74, 6) is 0.911. The van der Waals surface area contributed by atoms with Gasteiger partial charge in [0, 0.05) is 31.9 Å². The van der Waals surface area contributed by atoms with Crippen LogP contribution in [0.2, 0.25) is 0 Å². The predicted molar refractivity (Wildman–Crippen MR) is 109 cm³/mol. The number of nitrogens with zero attached hydrogens (tertiary/aromatic N) is 2. The fraction of sp³-hybridized carbons (Fsp3) is 0.227. The summed E-state index contributed by atoms with van der Waals surface area (Å²) in [4.78, 5) is 28.1. The molecule has 0 aliphatic rings. The maximum atomic E-state index is 11.9. The quantitative estimate of drug-likeness (QED) is 0.551. The molecule has 3 aromatic rings. The van der Waals surface area contributed by atoms with Crippen molar-refractivity contribution in [3.05, 3.63) is 84.4 Å². The first-order valence-electron chi connectivity index (χ1n) is 9.46. The molecule has 0 spiro atoms. The van der Waals surface area contributed by atoms with Crippen LogP contribution in [0.25, 0.3) is 0 Å². The lowest BCUT2D eigenvalue weighted by Crippen LogP contribution is -2.39. The van der Waals surface area contributed by atoms with Crippen molar-refractivity contribution in [2.45, 2.75) is 13.0 Å². The molecule has 1 heterocycles. The number of carbonyl (C=O) groups excluding carboxylic acids is 2. The first kappa shape index (κ1) is 20.1. The van der Waals surface area contributed by atoms with Crippen molar-refractivity contribution in [1.82, 2.24) is 20.2 Å². The summed E-state index contributed by atoms with van der Waals surface area (Å²) in [6.45, 7) is 0.965. The van der Waals surface area contributed by atoms with Gasteiger partial charge in [0.2, 0.25) is 5.91 Å². The number of rotatable bonds is 10. The summed E-state index contributed by atoms with van der Waals surface area (Å²) in [6, 6.07) is 19.2. The van der Waals surface area contributed by atoms with Crippen LogP contribution in [0.4, 0.5) is 0 Å². The van der Waals surface area contributed by atoms with Gasteiger partial charge in [0.05, 0.1) is 6.54 Å². The number of aromatic nitrogens is 2. The normalized spacial score (nSPS) is 10.3. The second-order valence-electron chi connectivity index (χ2n) is 6.44. The number of ether oxygens (including phenoxy) is 1. The summed E-state index contributed by atoms with van der Waals surface area (Å²) >= 11 is 0. The van der Waals surface area contributed by atoms with Gasteiger partial charge >= 0.3 is 0 Å². The zero-order chi connectivity index (χ0) is 20.3. The first-order chi connectivity index (χ1) is 14.2. The second kappa shape index (κ2) is 10.7. The maximum absolute atomic E-state index is 11.9. The smallest absolute Gasteiger partial charge is 0.258 e. The van der Waals surface area contributed by atoms with Crippen LogP contribution in [0.5, 0.6) is 5.75 Å². The Morgan fingerprint density at radius 2 is 1.66 bits per heavy atom. The first-order valence-corrected chi connectivity index (χ1v) is 9.46. The van der Waals surface area contributed by atoms with E-state index in [0.29, 0.717) is 18.7 Å². The van der Waals surface area contributed by atoms with E-state index < -0.39 is 0 Å². The van der Waals surface area contributed by atoms with Crippen molar-refractivity contribution in [1.29, 1.82) is 0 Å². The summed E-state index contributed by atoms with van der Waals surface area (Å²) in [5, 5.41) is 5.34. The molecule has 0 saturated carbocycles. The Hall–Kier alpha value is -3.61. The maximum Gasteiger partial charge on any atom is 0.258 e. The average Bonchev–Trinajstić information content (AvgIpc) is 3.19. The van der Waals surface area contributed by atoms with E-state index in [2.05, 4.69) is 32.3 Å². The molecule has 2 N–H and O–H groups in total. The average molecular weight is 392 g/mol. The Morgan fingerprint density at radius 3 is 2.41 bits per heavy atom. The molecule has 7 heteroatoms. The van der Waals surface area contributed by atoms with E-state index in [1.165, 1.54) is 5.56 Å². The standard InChI is InChI=1S/C22H24N4O3/c27-21(15-25-22(28)17-29-19-9-5-2-6-10-19)24-12-11-20-23-13-14-26(20)16-18-7-3-1-4-8-18/h1-10,13-14H,11-12,15-17H2,(H,24,27)(H,25,28). The number of benzene rings is 2. The minimum absolute atomic E-state index is 0.0879. The number of hydrogen-bond donors (Lipinski definition) is 2. The van der Waals surface area contributed by atoms with E-state index in [1.807, 2.05) is 42.6 Å². The summed E-state index contributed by atoms with van der Waals surface area (Å²) in [7, 11) is 0. The molecule has 0 aliphatic carbocycles. The topological polar surface area (TPSA) is 85.2 Å². The Bertz CT molecular complexity index is 910. The molecule has 0 fully saturated rings. The van der Waals surface area contributed by atoms with Gasteiger partial charge in [-0.2, -0.15) is 0 Å². The number of hydrogen-bond acceptors (Lipinski definition) is 4. The highest BCUT2D eigenvalue weighted by molar-refractivity contribution is 5.85. The van der Waals surface area contributed by atoms with Gasteiger partial charge in [-0.3, -0.25) is 9.59 Å². The Morgan fingerprint density at radius 1 is 0.931 bits per heavy atom. The number of para-hydroxylation sites is 1. The lowest BCUT2D eigenvalue weighted by molar-refractivity contribution is -0.127. The molecule has 0 unspecified atom stereocenters. The molecule has 2 amide bonds.